The average molecular weight is 304 g/mol. The number of hydrogen-bond donors (Lipinski definition) is 1. The van der Waals surface area contributed by atoms with Crippen molar-refractivity contribution >= 4 is 25.8 Å². The zero-order valence-corrected chi connectivity index (χ0v) is 9.50. The van der Waals surface area contributed by atoms with Gasteiger partial charge in [0.1, 0.15) is 0 Å². The van der Waals surface area contributed by atoms with E-state index in [0.29, 0.717) is 12.5 Å². The van der Waals surface area contributed by atoms with Crippen molar-refractivity contribution in [2.75, 3.05) is 6.61 Å². The Morgan fingerprint density at radius 2 is 2.25 bits per heavy atom. The van der Waals surface area contributed by atoms with Crippen LogP contribution in [0.4, 0.5) is 0 Å². The average Bonchev–Trinajstić information content (AvgIpc) is 2.14. The molecule has 0 aromatic rings. The van der Waals surface area contributed by atoms with Gasteiger partial charge >= 0.3 is 66.1 Å². The summed E-state index contributed by atoms with van der Waals surface area (Å²) in [5, 5.41) is 8.70. The van der Waals surface area contributed by atoms with Crippen molar-refractivity contribution in [3.8, 4) is 0 Å². The Balaban J connectivity index is 2.22. The molecule has 0 aliphatic heterocycles. The van der Waals surface area contributed by atoms with Gasteiger partial charge in [-0.3, -0.25) is 0 Å². The van der Waals surface area contributed by atoms with Crippen molar-refractivity contribution in [3.63, 3.8) is 0 Å². The van der Waals surface area contributed by atoms with E-state index in [-0.39, 0.29) is 0 Å². The van der Waals surface area contributed by atoms with E-state index in [4.69, 9.17) is 5.11 Å². The van der Waals surface area contributed by atoms with Crippen LogP contribution in [0.1, 0.15) is 19.3 Å². The van der Waals surface area contributed by atoms with E-state index in [9.17, 15) is 0 Å². The molecular weight excluding hydrogens is 292 g/mol. The molecule has 1 fully saturated rings. The van der Waals surface area contributed by atoms with Crippen molar-refractivity contribution in [1.29, 1.82) is 0 Å². The predicted octanol–water partition coefficient (Wildman–Crippen LogP) is 0.736. The van der Waals surface area contributed by atoms with Crippen molar-refractivity contribution in [3.05, 3.63) is 0 Å². The molecule has 0 amide bonds. The molecule has 0 aromatic carbocycles. The molecule has 44 valence electrons. The summed E-state index contributed by atoms with van der Waals surface area (Å²) >= 11 is 1.15. The molecule has 0 radical (unpaired) electrons. The third-order valence-electron chi connectivity index (χ3n) is 1.84. The van der Waals surface area contributed by atoms with Crippen LogP contribution in [0.3, 0.4) is 0 Å². The summed E-state index contributed by atoms with van der Waals surface area (Å²) in [5.41, 5.74) is 0. The van der Waals surface area contributed by atoms with Crippen molar-refractivity contribution < 1.29 is 5.11 Å². The Labute approximate surface area is 66.2 Å². The van der Waals surface area contributed by atoms with Crippen LogP contribution in [0.15, 0.2) is 0 Å². The maximum atomic E-state index is 8.70. The Kier molecular flexibility index (Phi) is 2.76. The predicted molar refractivity (Wildman–Crippen MR) is 33.9 cm³/mol. The SMILES string of the molecule is OC[C@@H]1CC[C@H]([Tl])C1. The van der Waals surface area contributed by atoms with Gasteiger partial charge in [-0.1, -0.05) is 0 Å². The summed E-state index contributed by atoms with van der Waals surface area (Å²) in [7, 11) is 0. The van der Waals surface area contributed by atoms with Crippen LogP contribution < -0.4 is 0 Å². The normalized spacial score (nSPS) is 38.0. The molecule has 1 nitrogen and oxygen atoms in total. The van der Waals surface area contributed by atoms with Gasteiger partial charge in [-0.25, -0.2) is 0 Å². The minimum absolute atomic E-state index is 0.434. The topological polar surface area (TPSA) is 20.2 Å². The van der Waals surface area contributed by atoms with E-state index >= 15 is 0 Å². The molecule has 0 spiro atoms. The van der Waals surface area contributed by atoms with Gasteiger partial charge < -0.3 is 0 Å². The van der Waals surface area contributed by atoms with Gasteiger partial charge in [-0.15, -0.1) is 0 Å². The standard InChI is InChI=1S/C6H11O.Tl/c7-5-6-3-1-2-4-6;/h1,6-7H,2-5H2;/t6-;/m0./s1. The zero-order valence-electron chi connectivity index (χ0n) is 5.01. The fourth-order valence-corrected chi connectivity index (χ4v) is 3.52. The fraction of sp³-hybridized carbons (Fsp3) is 1.00. The minimum atomic E-state index is 0.434. The Morgan fingerprint density at radius 1 is 1.50 bits per heavy atom. The van der Waals surface area contributed by atoms with Gasteiger partial charge in [-0.05, 0) is 0 Å². The summed E-state index contributed by atoms with van der Waals surface area (Å²) < 4.78 is 1.03. The van der Waals surface area contributed by atoms with E-state index < -0.39 is 0 Å². The van der Waals surface area contributed by atoms with Crippen molar-refractivity contribution in [1.82, 2.24) is 0 Å². The van der Waals surface area contributed by atoms with Crippen LogP contribution >= 0.6 is 0 Å². The number of aliphatic hydroxyl groups is 1. The van der Waals surface area contributed by atoms with Crippen molar-refractivity contribution in [2.45, 2.75) is 22.7 Å². The molecule has 0 saturated heterocycles. The third kappa shape index (κ3) is 1.69. The Morgan fingerprint density at radius 3 is 2.50 bits per heavy atom. The first-order chi connectivity index (χ1) is 3.83. The zero-order chi connectivity index (χ0) is 5.98. The maximum absolute atomic E-state index is 8.70. The molecule has 0 unspecified atom stereocenters. The Bertz CT molecular complexity index is 74.9. The molecule has 0 aromatic heterocycles. The molecule has 1 saturated carbocycles. The second-order valence-electron chi connectivity index (χ2n) is 2.62. The first kappa shape index (κ1) is 6.99. The molecule has 1 rings (SSSR count). The fourth-order valence-electron chi connectivity index (χ4n) is 1.28. The molecule has 1 aliphatic rings. The number of hydrogen-bond acceptors (Lipinski definition) is 1. The molecular formula is C6H11OTl. The third-order valence-corrected chi connectivity index (χ3v) is 4.19. The summed E-state index contributed by atoms with van der Waals surface area (Å²) in [4.78, 5) is 0. The number of rotatable bonds is 1. The van der Waals surface area contributed by atoms with Gasteiger partial charge in [0, 0.05) is 0 Å². The van der Waals surface area contributed by atoms with E-state index in [2.05, 4.69) is 0 Å². The monoisotopic (exact) mass is 304 g/mol. The van der Waals surface area contributed by atoms with Crippen LogP contribution in [0.25, 0.3) is 0 Å². The Hall–Kier alpha value is 0.882. The van der Waals surface area contributed by atoms with Crippen molar-refractivity contribution in [2.24, 2.45) is 5.92 Å². The molecule has 1 aliphatic carbocycles. The second-order valence-corrected chi connectivity index (χ2v) is 6.29. The van der Waals surface area contributed by atoms with E-state index in [1.807, 2.05) is 0 Å². The quantitative estimate of drug-likeness (QED) is 0.708. The van der Waals surface area contributed by atoms with Gasteiger partial charge in [-0.2, -0.15) is 0 Å². The molecule has 0 bridgehead atoms. The summed E-state index contributed by atoms with van der Waals surface area (Å²) in [6.07, 6.45) is 4.01. The van der Waals surface area contributed by atoms with Crippen LogP contribution in [-0.4, -0.2) is 37.5 Å². The van der Waals surface area contributed by atoms with Gasteiger partial charge in [0.15, 0.2) is 0 Å². The van der Waals surface area contributed by atoms with E-state index in [1.54, 1.807) is 0 Å². The van der Waals surface area contributed by atoms with E-state index in [0.717, 1.165) is 29.2 Å². The first-order valence-electron chi connectivity index (χ1n) is 3.19. The summed E-state index contributed by atoms with van der Waals surface area (Å²) in [6, 6.07) is 0. The van der Waals surface area contributed by atoms with Crippen LogP contribution in [0.2, 0.25) is 3.48 Å². The second kappa shape index (κ2) is 3.15. The molecule has 2 heteroatoms. The molecule has 0 heterocycles. The van der Waals surface area contributed by atoms with Gasteiger partial charge in [0.2, 0.25) is 0 Å². The van der Waals surface area contributed by atoms with E-state index in [1.165, 1.54) is 19.3 Å². The van der Waals surface area contributed by atoms with Crippen LogP contribution in [-0.2, 0) is 0 Å². The number of aliphatic hydroxyl groups excluding tert-OH is 1. The van der Waals surface area contributed by atoms with Gasteiger partial charge in [0.05, 0.1) is 0 Å². The first-order valence-corrected chi connectivity index (χ1v) is 5.78. The summed E-state index contributed by atoms with van der Waals surface area (Å²) in [6.45, 7) is 0.434. The van der Waals surface area contributed by atoms with Gasteiger partial charge in [0.25, 0.3) is 0 Å². The van der Waals surface area contributed by atoms with Crippen LogP contribution in [0.5, 0.6) is 0 Å². The molecule has 1 N–H and O–H groups in total. The van der Waals surface area contributed by atoms with Crippen LogP contribution in [0, 0.1) is 5.92 Å². The summed E-state index contributed by atoms with van der Waals surface area (Å²) in [5.74, 6) is 0.671. The molecule has 8 heavy (non-hydrogen) atoms. The molecule has 2 atom stereocenters.